The van der Waals surface area contributed by atoms with Crippen molar-refractivity contribution < 1.29 is 13.6 Å². The van der Waals surface area contributed by atoms with E-state index >= 15 is 0 Å². The van der Waals surface area contributed by atoms with Crippen molar-refractivity contribution in [3.05, 3.63) is 29.8 Å². The fourth-order valence-corrected chi connectivity index (χ4v) is 2.80. The van der Waals surface area contributed by atoms with Crippen LogP contribution >= 0.6 is 11.8 Å². The Bertz CT molecular complexity index is 385. The smallest absolute Gasteiger partial charge is 0.228 e. The molecule has 1 heterocycles. The van der Waals surface area contributed by atoms with Gasteiger partial charge in [-0.3, -0.25) is 4.79 Å². The second-order valence-corrected chi connectivity index (χ2v) is 4.80. The predicted molar refractivity (Wildman–Crippen MR) is 60.4 cm³/mol. The van der Waals surface area contributed by atoms with Crippen molar-refractivity contribution in [2.45, 2.75) is 6.42 Å². The van der Waals surface area contributed by atoms with Gasteiger partial charge in [0.05, 0.1) is 0 Å². The number of benzene rings is 1. The highest BCUT2D eigenvalue weighted by Crippen LogP contribution is 2.26. The minimum atomic E-state index is -0.737. The molecule has 0 bridgehead atoms. The normalized spacial score (nSPS) is 19.8. The van der Waals surface area contributed by atoms with Crippen molar-refractivity contribution in [2.75, 3.05) is 16.8 Å². The van der Waals surface area contributed by atoms with Gasteiger partial charge in [-0.25, -0.2) is 8.78 Å². The van der Waals surface area contributed by atoms with Crippen molar-refractivity contribution >= 4 is 23.4 Å². The summed E-state index contributed by atoms with van der Waals surface area (Å²) in [4.78, 5) is 11.7. The van der Waals surface area contributed by atoms with E-state index < -0.39 is 11.6 Å². The fourth-order valence-electron chi connectivity index (χ4n) is 1.58. The van der Waals surface area contributed by atoms with Crippen LogP contribution in [0.2, 0.25) is 0 Å². The molecule has 1 saturated heterocycles. The third kappa shape index (κ3) is 2.35. The highest BCUT2D eigenvalue weighted by Gasteiger charge is 2.24. The second-order valence-electron chi connectivity index (χ2n) is 3.65. The van der Waals surface area contributed by atoms with Gasteiger partial charge in [0.25, 0.3) is 0 Å². The van der Waals surface area contributed by atoms with Crippen LogP contribution in [0.15, 0.2) is 18.2 Å². The SMILES string of the molecule is O=C(Nc1c(F)cccc1F)C1CCSC1. The van der Waals surface area contributed by atoms with Crippen LogP contribution in [0.5, 0.6) is 0 Å². The van der Waals surface area contributed by atoms with Crippen LogP contribution in [-0.4, -0.2) is 17.4 Å². The van der Waals surface area contributed by atoms with Crippen molar-refractivity contribution in [1.82, 2.24) is 0 Å². The van der Waals surface area contributed by atoms with Crippen LogP contribution in [0.1, 0.15) is 6.42 Å². The third-order valence-electron chi connectivity index (χ3n) is 2.51. The Kier molecular flexibility index (Phi) is 3.43. The van der Waals surface area contributed by atoms with Crippen LogP contribution in [0.3, 0.4) is 0 Å². The Morgan fingerprint density at radius 1 is 1.38 bits per heavy atom. The van der Waals surface area contributed by atoms with Gasteiger partial charge < -0.3 is 5.32 Å². The number of rotatable bonds is 2. The number of halogens is 2. The van der Waals surface area contributed by atoms with Crippen LogP contribution in [0, 0.1) is 17.6 Å². The van der Waals surface area contributed by atoms with Crippen molar-refractivity contribution in [1.29, 1.82) is 0 Å². The molecule has 0 aromatic heterocycles. The summed E-state index contributed by atoms with van der Waals surface area (Å²) in [5.74, 6) is -0.254. The fraction of sp³-hybridized carbons (Fsp3) is 0.364. The zero-order valence-corrected chi connectivity index (χ0v) is 9.32. The molecule has 2 nitrogen and oxygen atoms in total. The molecule has 86 valence electrons. The predicted octanol–water partition coefficient (Wildman–Crippen LogP) is 2.66. The molecule has 0 aliphatic carbocycles. The summed E-state index contributed by atoms with van der Waals surface area (Å²) in [5.41, 5.74) is -0.343. The molecule has 1 unspecified atom stereocenters. The molecule has 1 aliphatic rings. The maximum Gasteiger partial charge on any atom is 0.228 e. The lowest BCUT2D eigenvalue weighted by Crippen LogP contribution is -2.23. The first kappa shape index (κ1) is 11.4. The maximum absolute atomic E-state index is 13.2. The molecule has 2 rings (SSSR count). The van der Waals surface area contributed by atoms with Crippen LogP contribution in [-0.2, 0) is 4.79 Å². The summed E-state index contributed by atoms with van der Waals surface area (Å²) in [6, 6.07) is 3.52. The number of amides is 1. The molecule has 16 heavy (non-hydrogen) atoms. The molecule has 1 aromatic rings. The molecule has 5 heteroatoms. The van der Waals surface area contributed by atoms with E-state index in [1.807, 2.05) is 0 Å². The first-order valence-corrected chi connectivity index (χ1v) is 6.16. The van der Waals surface area contributed by atoms with Crippen LogP contribution in [0.25, 0.3) is 0 Å². The van der Waals surface area contributed by atoms with Gasteiger partial charge in [-0.1, -0.05) is 6.07 Å². The largest absolute Gasteiger partial charge is 0.321 e. The van der Waals surface area contributed by atoms with E-state index in [0.717, 1.165) is 30.1 Å². The van der Waals surface area contributed by atoms with Crippen molar-refractivity contribution in [3.63, 3.8) is 0 Å². The van der Waals surface area contributed by atoms with E-state index in [1.54, 1.807) is 11.8 Å². The minimum Gasteiger partial charge on any atom is -0.321 e. The number of thioether (sulfide) groups is 1. The molecular weight excluding hydrogens is 232 g/mol. The van der Waals surface area contributed by atoms with Crippen molar-refractivity contribution in [3.8, 4) is 0 Å². The maximum atomic E-state index is 13.2. The lowest BCUT2D eigenvalue weighted by Gasteiger charge is -2.10. The third-order valence-corrected chi connectivity index (χ3v) is 3.67. The standard InChI is InChI=1S/C11H11F2NOS/c12-8-2-1-3-9(13)10(8)14-11(15)7-4-5-16-6-7/h1-3,7H,4-6H2,(H,14,15). The highest BCUT2D eigenvalue weighted by molar-refractivity contribution is 7.99. The number of hydrogen-bond donors (Lipinski definition) is 1. The highest BCUT2D eigenvalue weighted by atomic mass is 32.2. The molecule has 1 atom stereocenters. The van der Waals surface area contributed by atoms with E-state index in [2.05, 4.69) is 5.32 Å². The number of nitrogens with one attached hydrogen (secondary N) is 1. The number of hydrogen-bond acceptors (Lipinski definition) is 2. The Labute approximate surface area is 96.4 Å². The van der Waals surface area contributed by atoms with E-state index in [9.17, 15) is 13.6 Å². The van der Waals surface area contributed by atoms with Crippen LogP contribution < -0.4 is 5.32 Å². The van der Waals surface area contributed by atoms with E-state index in [1.165, 1.54) is 6.07 Å². The molecule has 1 N–H and O–H groups in total. The zero-order valence-electron chi connectivity index (χ0n) is 8.50. The molecule has 0 spiro atoms. The summed E-state index contributed by atoms with van der Waals surface area (Å²) >= 11 is 1.68. The van der Waals surface area contributed by atoms with Crippen molar-refractivity contribution in [2.24, 2.45) is 5.92 Å². The van der Waals surface area contributed by atoms with Crippen LogP contribution in [0.4, 0.5) is 14.5 Å². The number of carbonyl (C=O) groups excluding carboxylic acids is 1. The molecular formula is C11H11F2NOS. The first-order valence-electron chi connectivity index (χ1n) is 5.01. The lowest BCUT2D eigenvalue weighted by molar-refractivity contribution is -0.119. The Morgan fingerprint density at radius 3 is 2.62 bits per heavy atom. The van der Waals surface area contributed by atoms with Gasteiger partial charge in [-0.05, 0) is 24.3 Å². The average molecular weight is 243 g/mol. The summed E-state index contributed by atoms with van der Waals surface area (Å²) in [5, 5.41) is 2.32. The molecule has 1 aromatic carbocycles. The average Bonchev–Trinajstić information content (AvgIpc) is 2.76. The van der Waals surface area contributed by atoms with E-state index in [-0.39, 0.29) is 17.5 Å². The zero-order chi connectivity index (χ0) is 11.5. The summed E-state index contributed by atoms with van der Waals surface area (Å²) < 4.78 is 26.5. The van der Waals surface area contributed by atoms with Gasteiger partial charge in [-0.15, -0.1) is 0 Å². The summed E-state index contributed by atoms with van der Waals surface area (Å²) in [7, 11) is 0. The Hall–Kier alpha value is -1.10. The number of anilines is 1. The molecule has 0 radical (unpaired) electrons. The summed E-state index contributed by atoms with van der Waals surface area (Å²) in [6.45, 7) is 0. The molecule has 1 aliphatic heterocycles. The van der Waals surface area contributed by atoms with Gasteiger partial charge in [0.2, 0.25) is 5.91 Å². The lowest BCUT2D eigenvalue weighted by atomic mass is 10.1. The monoisotopic (exact) mass is 243 g/mol. The van der Waals surface area contributed by atoms with Gasteiger partial charge in [0, 0.05) is 11.7 Å². The van der Waals surface area contributed by atoms with Gasteiger partial charge in [0.15, 0.2) is 0 Å². The Balaban J connectivity index is 2.11. The topological polar surface area (TPSA) is 29.1 Å². The summed E-state index contributed by atoms with van der Waals surface area (Å²) in [6.07, 6.45) is 0.770. The second kappa shape index (κ2) is 4.82. The quantitative estimate of drug-likeness (QED) is 0.865. The first-order chi connectivity index (χ1) is 7.68. The van der Waals surface area contributed by atoms with Gasteiger partial charge in [-0.2, -0.15) is 11.8 Å². The minimum absolute atomic E-state index is 0.135. The molecule has 0 saturated carbocycles. The van der Waals surface area contributed by atoms with Gasteiger partial charge in [0.1, 0.15) is 17.3 Å². The molecule has 1 fully saturated rings. The molecule has 1 amide bonds. The van der Waals surface area contributed by atoms with Gasteiger partial charge >= 0.3 is 0 Å². The van der Waals surface area contributed by atoms with E-state index in [4.69, 9.17) is 0 Å². The number of para-hydroxylation sites is 1. The Morgan fingerprint density at radius 2 is 2.06 bits per heavy atom. The van der Waals surface area contributed by atoms with E-state index in [0.29, 0.717) is 0 Å². The number of carbonyl (C=O) groups is 1.